The molecule has 1 nitrogen and oxygen atoms in total. The van der Waals surface area contributed by atoms with E-state index in [2.05, 4.69) is 11.2 Å². The molecule has 1 spiro atoms. The zero-order valence-electron chi connectivity index (χ0n) is 3.65. The average molecular weight is 81.1 g/mol. The molecular weight excluding hydrogens is 74.1 g/mol. The van der Waals surface area contributed by atoms with Crippen molar-refractivity contribution >= 4 is 6.21 Å². The zero-order valence-corrected chi connectivity index (χ0v) is 3.65. The molecule has 1 heteroatoms. The number of hydrogen-bond acceptors (Lipinski definition) is 1. The lowest BCUT2D eigenvalue weighted by Gasteiger charge is -2.12. The van der Waals surface area contributed by atoms with Crippen molar-refractivity contribution in [2.45, 2.75) is 12.8 Å². The SMILES string of the molecule is C1=NCC12CC2. The molecule has 32 valence electrons. The van der Waals surface area contributed by atoms with Crippen LogP contribution in [0.4, 0.5) is 0 Å². The van der Waals surface area contributed by atoms with Gasteiger partial charge in [-0.15, -0.1) is 0 Å². The molecule has 0 amide bonds. The molecule has 6 heavy (non-hydrogen) atoms. The lowest BCUT2D eigenvalue weighted by molar-refractivity contribution is 0.667. The molecule has 1 aliphatic carbocycles. The minimum atomic E-state index is 0.681. The van der Waals surface area contributed by atoms with E-state index < -0.39 is 0 Å². The first-order valence-corrected chi connectivity index (χ1v) is 2.42. The predicted molar refractivity (Wildman–Crippen MR) is 25.0 cm³/mol. The molecule has 0 atom stereocenters. The number of hydrogen-bond donors (Lipinski definition) is 0. The van der Waals surface area contributed by atoms with Crippen LogP contribution in [-0.2, 0) is 0 Å². The van der Waals surface area contributed by atoms with Gasteiger partial charge in [-0.25, -0.2) is 0 Å². The molecule has 0 radical (unpaired) electrons. The van der Waals surface area contributed by atoms with Crippen LogP contribution >= 0.6 is 0 Å². The highest BCUT2D eigenvalue weighted by molar-refractivity contribution is 5.75. The van der Waals surface area contributed by atoms with Crippen LogP contribution in [0.25, 0.3) is 0 Å². The van der Waals surface area contributed by atoms with Crippen molar-refractivity contribution in [2.75, 3.05) is 6.54 Å². The first kappa shape index (κ1) is 2.78. The van der Waals surface area contributed by atoms with E-state index in [1.165, 1.54) is 12.8 Å². The summed E-state index contributed by atoms with van der Waals surface area (Å²) in [6, 6.07) is 0. The smallest absolute Gasteiger partial charge is 0.0491 e. The summed E-state index contributed by atoms with van der Waals surface area (Å²) in [5, 5.41) is 0. The lowest BCUT2D eigenvalue weighted by Crippen LogP contribution is -2.15. The molecule has 2 aliphatic rings. The predicted octanol–water partition coefficient (Wildman–Crippen LogP) is 0.851. The second kappa shape index (κ2) is 0.552. The van der Waals surface area contributed by atoms with E-state index in [4.69, 9.17) is 0 Å². The van der Waals surface area contributed by atoms with Crippen molar-refractivity contribution in [1.82, 2.24) is 0 Å². The fourth-order valence-electron chi connectivity index (χ4n) is 0.797. The van der Waals surface area contributed by atoms with Crippen LogP contribution < -0.4 is 0 Å². The van der Waals surface area contributed by atoms with Gasteiger partial charge in [0.05, 0.1) is 0 Å². The molecular formula is C5H7N. The van der Waals surface area contributed by atoms with Crippen molar-refractivity contribution in [3.05, 3.63) is 0 Å². The molecule has 0 aromatic heterocycles. The summed E-state index contributed by atoms with van der Waals surface area (Å²) in [5.41, 5.74) is 0.681. The van der Waals surface area contributed by atoms with Crippen molar-refractivity contribution in [2.24, 2.45) is 10.4 Å². The monoisotopic (exact) mass is 81.1 g/mol. The maximum absolute atomic E-state index is 4.01. The van der Waals surface area contributed by atoms with Gasteiger partial charge in [-0.2, -0.15) is 0 Å². The van der Waals surface area contributed by atoms with E-state index >= 15 is 0 Å². The first-order chi connectivity index (χ1) is 2.91. The average Bonchev–Trinajstić information content (AvgIpc) is 2.02. The van der Waals surface area contributed by atoms with Crippen LogP contribution in [0.1, 0.15) is 12.8 Å². The van der Waals surface area contributed by atoms with Gasteiger partial charge in [0, 0.05) is 18.2 Å². The summed E-state index contributed by atoms with van der Waals surface area (Å²) in [5.74, 6) is 0. The van der Waals surface area contributed by atoms with Gasteiger partial charge in [-0.05, 0) is 12.8 Å². The summed E-state index contributed by atoms with van der Waals surface area (Å²) < 4.78 is 0. The third kappa shape index (κ3) is 0.163. The van der Waals surface area contributed by atoms with Crippen LogP contribution in [0.2, 0.25) is 0 Å². The minimum absolute atomic E-state index is 0.681. The topological polar surface area (TPSA) is 12.4 Å². The van der Waals surface area contributed by atoms with Crippen molar-refractivity contribution in [3.8, 4) is 0 Å². The molecule has 1 aliphatic heterocycles. The highest BCUT2D eigenvalue weighted by Gasteiger charge is 2.44. The van der Waals surface area contributed by atoms with Crippen LogP contribution in [0.15, 0.2) is 4.99 Å². The maximum atomic E-state index is 4.01. The van der Waals surface area contributed by atoms with Gasteiger partial charge in [0.2, 0.25) is 0 Å². The van der Waals surface area contributed by atoms with Crippen LogP contribution in [-0.4, -0.2) is 12.8 Å². The summed E-state index contributed by atoms with van der Waals surface area (Å²) in [6.45, 7) is 1.13. The largest absolute Gasteiger partial charge is 0.296 e. The summed E-state index contributed by atoms with van der Waals surface area (Å²) in [7, 11) is 0. The van der Waals surface area contributed by atoms with Crippen molar-refractivity contribution < 1.29 is 0 Å². The molecule has 1 fully saturated rings. The quantitative estimate of drug-likeness (QED) is 0.410. The number of aliphatic imine (C=N–C) groups is 1. The highest BCUT2D eigenvalue weighted by Crippen LogP contribution is 2.47. The van der Waals surface area contributed by atoms with Crippen LogP contribution in [0.5, 0.6) is 0 Å². The standard InChI is InChI=1S/C5H7N/c1-2-5(1)3-6-4-5/h3H,1-2,4H2. The Kier molecular flexibility index (Phi) is 0.256. The van der Waals surface area contributed by atoms with Gasteiger partial charge in [-0.3, -0.25) is 4.99 Å². The Morgan fingerprint density at radius 3 is 2.17 bits per heavy atom. The minimum Gasteiger partial charge on any atom is -0.296 e. The highest BCUT2D eigenvalue weighted by atomic mass is 14.9. The van der Waals surface area contributed by atoms with Gasteiger partial charge in [0.1, 0.15) is 0 Å². The second-order valence-electron chi connectivity index (χ2n) is 2.33. The Bertz CT molecular complexity index is 101. The lowest BCUT2D eigenvalue weighted by atomic mass is 10.1. The number of rotatable bonds is 0. The number of nitrogens with zero attached hydrogens (tertiary/aromatic N) is 1. The molecule has 0 saturated heterocycles. The van der Waals surface area contributed by atoms with E-state index in [1.807, 2.05) is 0 Å². The van der Waals surface area contributed by atoms with Crippen molar-refractivity contribution in [1.29, 1.82) is 0 Å². The molecule has 0 aromatic carbocycles. The molecule has 0 unspecified atom stereocenters. The van der Waals surface area contributed by atoms with E-state index in [-0.39, 0.29) is 0 Å². The van der Waals surface area contributed by atoms with Gasteiger partial charge < -0.3 is 0 Å². The third-order valence-electron chi connectivity index (χ3n) is 1.66. The van der Waals surface area contributed by atoms with Crippen molar-refractivity contribution in [3.63, 3.8) is 0 Å². The van der Waals surface area contributed by atoms with Gasteiger partial charge >= 0.3 is 0 Å². The molecule has 0 N–H and O–H groups in total. The summed E-state index contributed by atoms with van der Waals surface area (Å²) in [6.07, 6.45) is 4.93. The van der Waals surface area contributed by atoms with Crippen LogP contribution in [0.3, 0.4) is 0 Å². The Hall–Kier alpha value is -0.330. The molecule has 2 rings (SSSR count). The Morgan fingerprint density at radius 2 is 2.17 bits per heavy atom. The fourth-order valence-corrected chi connectivity index (χ4v) is 0.797. The van der Waals surface area contributed by atoms with E-state index in [9.17, 15) is 0 Å². The Labute approximate surface area is 37.1 Å². The Balaban J connectivity index is 2.31. The normalized spacial score (nSPS) is 33.3. The fraction of sp³-hybridized carbons (Fsp3) is 0.800. The molecule has 0 aromatic rings. The van der Waals surface area contributed by atoms with Gasteiger partial charge in [0.15, 0.2) is 0 Å². The molecule has 1 saturated carbocycles. The van der Waals surface area contributed by atoms with E-state index in [0.29, 0.717) is 5.41 Å². The first-order valence-electron chi connectivity index (χ1n) is 2.42. The summed E-state index contributed by atoms with van der Waals surface area (Å²) in [4.78, 5) is 4.01. The second-order valence-corrected chi connectivity index (χ2v) is 2.33. The van der Waals surface area contributed by atoms with Crippen LogP contribution in [0, 0.1) is 5.41 Å². The van der Waals surface area contributed by atoms with Gasteiger partial charge in [-0.1, -0.05) is 0 Å². The maximum Gasteiger partial charge on any atom is 0.0491 e. The summed E-state index contributed by atoms with van der Waals surface area (Å²) >= 11 is 0. The third-order valence-corrected chi connectivity index (χ3v) is 1.66. The molecule has 0 bridgehead atoms. The Morgan fingerprint density at radius 1 is 1.50 bits per heavy atom. The molecule has 1 heterocycles. The van der Waals surface area contributed by atoms with E-state index in [0.717, 1.165) is 6.54 Å². The zero-order chi connectivity index (χ0) is 4.04. The van der Waals surface area contributed by atoms with E-state index in [1.54, 1.807) is 0 Å². The van der Waals surface area contributed by atoms with Gasteiger partial charge in [0.25, 0.3) is 0 Å².